The zero-order chi connectivity index (χ0) is 16.4. The molecule has 1 atom stereocenters. The molecule has 2 N–H and O–H groups in total. The van der Waals surface area contributed by atoms with Crippen LogP contribution in [0.3, 0.4) is 0 Å². The quantitative estimate of drug-likeness (QED) is 0.455. The van der Waals surface area contributed by atoms with Crippen LogP contribution in [0.1, 0.15) is 67.2 Å². The van der Waals surface area contributed by atoms with Crippen LogP contribution in [-0.2, 0) is 0 Å². The van der Waals surface area contributed by atoms with E-state index in [2.05, 4.69) is 32.4 Å². The average Bonchev–Trinajstić information content (AvgIpc) is 2.46. The Balaban J connectivity index is -0.000000656. The molecule has 124 valence electrons. The molecule has 0 aromatic heterocycles. The van der Waals surface area contributed by atoms with E-state index in [0.717, 1.165) is 25.4 Å². The second kappa shape index (κ2) is 21.0. The first-order chi connectivity index (χ1) is 9.60. The van der Waals surface area contributed by atoms with E-state index in [4.69, 9.17) is 5.73 Å². The standard InChI is InChI=1S/C14H30N2.2C2H6/c1-5-6-7-8-9-16(4)12-14(11-15)10-13(2)3;2*1-2/h5,13-14H,1,6-12,15H2,2-4H3;2*1-2H3. The van der Waals surface area contributed by atoms with Crippen molar-refractivity contribution in [2.75, 3.05) is 26.7 Å². The molecular formula is C18H42N2. The summed E-state index contributed by atoms with van der Waals surface area (Å²) in [6.45, 7) is 19.4. The fraction of sp³-hybridized carbons (Fsp3) is 0.889. The lowest BCUT2D eigenvalue weighted by molar-refractivity contribution is 0.252. The number of hydrogen-bond donors (Lipinski definition) is 1. The van der Waals surface area contributed by atoms with Gasteiger partial charge in [0.15, 0.2) is 0 Å². The molecule has 0 rings (SSSR count). The highest BCUT2D eigenvalue weighted by Crippen LogP contribution is 2.12. The van der Waals surface area contributed by atoms with E-state index in [1.165, 1.54) is 25.8 Å². The van der Waals surface area contributed by atoms with Crippen LogP contribution in [0, 0.1) is 11.8 Å². The highest BCUT2D eigenvalue weighted by Gasteiger charge is 2.11. The van der Waals surface area contributed by atoms with E-state index < -0.39 is 0 Å². The number of hydrogen-bond acceptors (Lipinski definition) is 2. The lowest BCUT2D eigenvalue weighted by Gasteiger charge is -2.24. The third kappa shape index (κ3) is 20.0. The molecule has 2 nitrogen and oxygen atoms in total. The fourth-order valence-electron chi connectivity index (χ4n) is 2.11. The van der Waals surface area contributed by atoms with Crippen molar-refractivity contribution >= 4 is 0 Å². The van der Waals surface area contributed by atoms with Gasteiger partial charge in [0.1, 0.15) is 0 Å². The Bertz CT molecular complexity index is 167. The fourth-order valence-corrected chi connectivity index (χ4v) is 2.11. The maximum atomic E-state index is 5.81. The number of unbranched alkanes of at least 4 members (excludes halogenated alkanes) is 2. The first-order valence-electron chi connectivity index (χ1n) is 8.59. The second-order valence-electron chi connectivity index (χ2n) is 5.28. The highest BCUT2D eigenvalue weighted by molar-refractivity contribution is 4.68. The average molecular weight is 287 g/mol. The van der Waals surface area contributed by atoms with E-state index in [9.17, 15) is 0 Å². The van der Waals surface area contributed by atoms with Crippen LogP contribution in [0.25, 0.3) is 0 Å². The maximum absolute atomic E-state index is 5.81. The molecule has 0 radical (unpaired) electrons. The molecule has 20 heavy (non-hydrogen) atoms. The Labute approximate surface area is 129 Å². The van der Waals surface area contributed by atoms with Gasteiger partial charge in [-0.15, -0.1) is 6.58 Å². The number of nitrogens with two attached hydrogens (primary N) is 1. The van der Waals surface area contributed by atoms with Crippen molar-refractivity contribution < 1.29 is 0 Å². The summed E-state index contributed by atoms with van der Waals surface area (Å²) in [5.41, 5.74) is 5.81. The number of allylic oxidation sites excluding steroid dienone is 1. The number of nitrogens with zero attached hydrogens (tertiary/aromatic N) is 1. The summed E-state index contributed by atoms with van der Waals surface area (Å²) < 4.78 is 0. The van der Waals surface area contributed by atoms with Gasteiger partial charge in [0.25, 0.3) is 0 Å². The Morgan fingerprint density at radius 1 is 1.10 bits per heavy atom. The van der Waals surface area contributed by atoms with Crippen LogP contribution in [0.2, 0.25) is 0 Å². The van der Waals surface area contributed by atoms with Gasteiger partial charge in [-0.1, -0.05) is 47.6 Å². The van der Waals surface area contributed by atoms with Crippen molar-refractivity contribution in [3.05, 3.63) is 12.7 Å². The van der Waals surface area contributed by atoms with Gasteiger partial charge in [0.2, 0.25) is 0 Å². The van der Waals surface area contributed by atoms with Crippen molar-refractivity contribution in [2.24, 2.45) is 17.6 Å². The molecule has 0 saturated carbocycles. The van der Waals surface area contributed by atoms with Crippen LogP contribution < -0.4 is 5.73 Å². The van der Waals surface area contributed by atoms with Crippen LogP contribution in [-0.4, -0.2) is 31.6 Å². The van der Waals surface area contributed by atoms with Gasteiger partial charge in [-0.05, 0) is 57.7 Å². The molecule has 0 amide bonds. The lowest BCUT2D eigenvalue weighted by Crippen LogP contribution is -2.31. The molecule has 0 aliphatic rings. The zero-order valence-corrected chi connectivity index (χ0v) is 15.4. The molecule has 0 saturated heterocycles. The van der Waals surface area contributed by atoms with Gasteiger partial charge in [0, 0.05) is 6.54 Å². The molecular weight excluding hydrogens is 244 g/mol. The topological polar surface area (TPSA) is 29.3 Å². The van der Waals surface area contributed by atoms with Crippen LogP contribution >= 0.6 is 0 Å². The van der Waals surface area contributed by atoms with E-state index in [0.29, 0.717) is 5.92 Å². The summed E-state index contributed by atoms with van der Waals surface area (Å²) in [6.07, 6.45) is 6.90. The van der Waals surface area contributed by atoms with Gasteiger partial charge in [0.05, 0.1) is 0 Å². The largest absolute Gasteiger partial charge is 0.330 e. The SMILES string of the molecule is C=CCCCCN(C)CC(CN)CC(C)C.CC.CC. The smallest absolute Gasteiger partial charge is 0.00188 e. The maximum Gasteiger partial charge on any atom is 0.00188 e. The molecule has 2 heteroatoms. The summed E-state index contributed by atoms with van der Waals surface area (Å²) in [4.78, 5) is 2.42. The molecule has 0 spiro atoms. The molecule has 0 fully saturated rings. The Hall–Kier alpha value is -0.340. The van der Waals surface area contributed by atoms with Crippen molar-refractivity contribution in [3.63, 3.8) is 0 Å². The third-order valence-corrected chi connectivity index (χ3v) is 2.91. The minimum Gasteiger partial charge on any atom is -0.330 e. The highest BCUT2D eigenvalue weighted by atomic mass is 15.1. The second-order valence-corrected chi connectivity index (χ2v) is 5.28. The minimum absolute atomic E-state index is 0.657. The van der Waals surface area contributed by atoms with Crippen molar-refractivity contribution in [1.29, 1.82) is 0 Å². The first kappa shape index (κ1) is 24.7. The van der Waals surface area contributed by atoms with E-state index in [-0.39, 0.29) is 0 Å². The van der Waals surface area contributed by atoms with Crippen molar-refractivity contribution in [1.82, 2.24) is 4.90 Å². The Kier molecular flexibility index (Phi) is 25.9. The molecule has 1 unspecified atom stereocenters. The van der Waals surface area contributed by atoms with Gasteiger partial charge < -0.3 is 10.6 Å². The Morgan fingerprint density at radius 3 is 2.05 bits per heavy atom. The predicted molar refractivity (Wildman–Crippen MR) is 96.2 cm³/mol. The molecule has 0 aliphatic carbocycles. The molecule has 0 bridgehead atoms. The molecule has 0 aliphatic heterocycles. The van der Waals surface area contributed by atoms with Gasteiger partial charge in [-0.25, -0.2) is 0 Å². The van der Waals surface area contributed by atoms with E-state index in [1.54, 1.807) is 0 Å². The number of rotatable bonds is 10. The first-order valence-corrected chi connectivity index (χ1v) is 8.59. The monoisotopic (exact) mass is 286 g/mol. The van der Waals surface area contributed by atoms with Crippen LogP contribution in [0.4, 0.5) is 0 Å². The lowest BCUT2D eigenvalue weighted by atomic mass is 9.97. The van der Waals surface area contributed by atoms with Gasteiger partial charge in [-0.2, -0.15) is 0 Å². The van der Waals surface area contributed by atoms with Crippen LogP contribution in [0.15, 0.2) is 12.7 Å². The molecule has 0 aromatic rings. The van der Waals surface area contributed by atoms with Crippen molar-refractivity contribution in [3.8, 4) is 0 Å². The summed E-state index contributed by atoms with van der Waals surface area (Å²) in [5.74, 6) is 1.41. The summed E-state index contributed by atoms with van der Waals surface area (Å²) in [7, 11) is 2.21. The molecule has 0 heterocycles. The van der Waals surface area contributed by atoms with Gasteiger partial charge in [-0.3, -0.25) is 0 Å². The molecule has 0 aromatic carbocycles. The predicted octanol–water partition coefficient (Wildman–Crippen LogP) is 4.95. The van der Waals surface area contributed by atoms with Crippen molar-refractivity contribution in [2.45, 2.75) is 67.2 Å². The van der Waals surface area contributed by atoms with E-state index >= 15 is 0 Å². The summed E-state index contributed by atoms with van der Waals surface area (Å²) in [6, 6.07) is 0. The van der Waals surface area contributed by atoms with E-state index in [1.807, 2.05) is 33.8 Å². The van der Waals surface area contributed by atoms with Gasteiger partial charge >= 0.3 is 0 Å². The Morgan fingerprint density at radius 2 is 1.65 bits per heavy atom. The third-order valence-electron chi connectivity index (χ3n) is 2.91. The normalized spacial score (nSPS) is 11.3. The van der Waals surface area contributed by atoms with Crippen LogP contribution in [0.5, 0.6) is 0 Å². The minimum atomic E-state index is 0.657. The summed E-state index contributed by atoms with van der Waals surface area (Å²) >= 11 is 0. The zero-order valence-electron chi connectivity index (χ0n) is 15.4. The summed E-state index contributed by atoms with van der Waals surface area (Å²) in [5, 5.41) is 0.